The van der Waals surface area contributed by atoms with Crippen molar-refractivity contribution in [3.8, 4) is 6.07 Å². The Morgan fingerprint density at radius 2 is 2.11 bits per heavy atom. The fraction of sp³-hybridized carbons (Fsp3) is 0.933. The van der Waals surface area contributed by atoms with Crippen LogP contribution in [0.2, 0.25) is 0 Å². The van der Waals surface area contributed by atoms with E-state index >= 15 is 0 Å². The lowest BCUT2D eigenvalue weighted by molar-refractivity contribution is -0.0562. The van der Waals surface area contributed by atoms with Gasteiger partial charge in [-0.25, -0.2) is 0 Å². The standard InChI is InChI=1S/C15H28N2O/c1-5-14-11-18-13(2)10-17(14)9-7-6-8-15(3,4)12-16/h13-14H,5-11H2,1-4H3. The number of hydrogen-bond donors (Lipinski definition) is 0. The summed E-state index contributed by atoms with van der Waals surface area (Å²) in [6.45, 7) is 11.5. The van der Waals surface area contributed by atoms with Crippen LogP contribution in [0.5, 0.6) is 0 Å². The predicted molar refractivity (Wildman–Crippen MR) is 74.3 cm³/mol. The summed E-state index contributed by atoms with van der Waals surface area (Å²) < 4.78 is 5.70. The first-order valence-electron chi connectivity index (χ1n) is 7.25. The number of unbranched alkanes of at least 4 members (excludes halogenated alkanes) is 1. The Bertz CT molecular complexity index is 283. The Balaban J connectivity index is 2.27. The molecule has 3 heteroatoms. The van der Waals surface area contributed by atoms with E-state index in [4.69, 9.17) is 10.00 Å². The number of morpholine rings is 1. The van der Waals surface area contributed by atoms with Crippen LogP contribution in [0.25, 0.3) is 0 Å². The highest BCUT2D eigenvalue weighted by atomic mass is 16.5. The number of ether oxygens (including phenoxy) is 1. The van der Waals surface area contributed by atoms with Crippen LogP contribution in [0.1, 0.15) is 53.4 Å². The second-order valence-electron chi connectivity index (χ2n) is 6.15. The molecule has 104 valence electrons. The van der Waals surface area contributed by atoms with E-state index in [2.05, 4.69) is 24.8 Å². The second kappa shape index (κ2) is 7.11. The number of nitriles is 1. The lowest BCUT2D eigenvalue weighted by Crippen LogP contribution is -2.48. The Morgan fingerprint density at radius 1 is 1.39 bits per heavy atom. The molecule has 0 aliphatic carbocycles. The van der Waals surface area contributed by atoms with Crippen LogP contribution >= 0.6 is 0 Å². The van der Waals surface area contributed by atoms with Crippen LogP contribution in [0.15, 0.2) is 0 Å². The van der Waals surface area contributed by atoms with Gasteiger partial charge in [0.15, 0.2) is 0 Å². The van der Waals surface area contributed by atoms with Crippen LogP contribution in [-0.4, -0.2) is 36.7 Å². The van der Waals surface area contributed by atoms with E-state index in [1.807, 2.05) is 13.8 Å². The van der Waals surface area contributed by atoms with Crippen LogP contribution in [0.4, 0.5) is 0 Å². The minimum Gasteiger partial charge on any atom is -0.376 e. The molecule has 1 fully saturated rings. The lowest BCUT2D eigenvalue weighted by atomic mass is 9.89. The third kappa shape index (κ3) is 4.96. The highest BCUT2D eigenvalue weighted by Crippen LogP contribution is 2.22. The van der Waals surface area contributed by atoms with Gasteiger partial charge in [-0.3, -0.25) is 4.90 Å². The van der Waals surface area contributed by atoms with Crippen molar-refractivity contribution in [3.05, 3.63) is 0 Å². The van der Waals surface area contributed by atoms with E-state index in [1.165, 1.54) is 6.42 Å². The maximum absolute atomic E-state index is 8.98. The minimum atomic E-state index is -0.164. The van der Waals surface area contributed by atoms with E-state index in [0.717, 1.165) is 39.0 Å². The molecule has 2 unspecified atom stereocenters. The summed E-state index contributed by atoms with van der Waals surface area (Å²) in [4.78, 5) is 2.56. The molecule has 2 atom stereocenters. The van der Waals surface area contributed by atoms with Crippen molar-refractivity contribution in [2.75, 3.05) is 19.7 Å². The molecule has 1 rings (SSSR count). The second-order valence-corrected chi connectivity index (χ2v) is 6.15. The fourth-order valence-corrected chi connectivity index (χ4v) is 2.50. The maximum atomic E-state index is 8.98. The van der Waals surface area contributed by atoms with E-state index < -0.39 is 0 Å². The molecule has 0 N–H and O–H groups in total. The first-order valence-corrected chi connectivity index (χ1v) is 7.25. The van der Waals surface area contributed by atoms with Gasteiger partial charge in [0.2, 0.25) is 0 Å². The van der Waals surface area contributed by atoms with Gasteiger partial charge in [-0.2, -0.15) is 5.26 Å². The predicted octanol–water partition coefficient (Wildman–Crippen LogP) is 3.21. The number of nitrogens with zero attached hydrogens (tertiary/aromatic N) is 2. The minimum absolute atomic E-state index is 0.164. The third-order valence-electron chi connectivity index (χ3n) is 3.85. The van der Waals surface area contributed by atoms with Gasteiger partial charge < -0.3 is 4.74 Å². The summed E-state index contributed by atoms with van der Waals surface area (Å²) in [7, 11) is 0. The summed E-state index contributed by atoms with van der Waals surface area (Å²) in [5.74, 6) is 0. The van der Waals surface area contributed by atoms with Crippen molar-refractivity contribution in [2.45, 2.75) is 65.5 Å². The molecular formula is C15H28N2O. The quantitative estimate of drug-likeness (QED) is 0.681. The summed E-state index contributed by atoms with van der Waals surface area (Å²) in [6.07, 6.45) is 4.86. The first-order chi connectivity index (χ1) is 8.48. The van der Waals surface area contributed by atoms with Crippen molar-refractivity contribution in [1.29, 1.82) is 5.26 Å². The van der Waals surface area contributed by atoms with Gasteiger partial charge in [-0.1, -0.05) is 13.3 Å². The Labute approximate surface area is 112 Å². The molecule has 1 aliphatic heterocycles. The van der Waals surface area contributed by atoms with Crippen molar-refractivity contribution in [1.82, 2.24) is 4.90 Å². The molecule has 0 aromatic rings. The molecule has 0 radical (unpaired) electrons. The topological polar surface area (TPSA) is 36.3 Å². The summed E-state index contributed by atoms with van der Waals surface area (Å²) in [5, 5.41) is 8.98. The van der Waals surface area contributed by atoms with Crippen LogP contribution in [0.3, 0.4) is 0 Å². The molecule has 3 nitrogen and oxygen atoms in total. The largest absolute Gasteiger partial charge is 0.376 e. The Hall–Kier alpha value is -0.590. The fourth-order valence-electron chi connectivity index (χ4n) is 2.50. The van der Waals surface area contributed by atoms with Gasteiger partial charge in [0.25, 0.3) is 0 Å². The Kier molecular flexibility index (Phi) is 6.11. The van der Waals surface area contributed by atoms with Crippen molar-refractivity contribution < 1.29 is 4.74 Å². The van der Waals surface area contributed by atoms with E-state index in [0.29, 0.717) is 12.1 Å². The molecule has 0 aromatic carbocycles. The summed E-state index contributed by atoms with van der Waals surface area (Å²) >= 11 is 0. The number of hydrogen-bond acceptors (Lipinski definition) is 3. The smallest absolute Gasteiger partial charge is 0.0683 e. The van der Waals surface area contributed by atoms with Gasteiger partial charge in [0.1, 0.15) is 0 Å². The van der Waals surface area contributed by atoms with Crippen molar-refractivity contribution in [2.24, 2.45) is 5.41 Å². The first kappa shape index (κ1) is 15.5. The zero-order valence-corrected chi connectivity index (χ0v) is 12.4. The lowest BCUT2D eigenvalue weighted by Gasteiger charge is -2.38. The molecule has 1 aliphatic rings. The molecule has 0 saturated carbocycles. The molecule has 1 saturated heterocycles. The van der Waals surface area contributed by atoms with Gasteiger partial charge >= 0.3 is 0 Å². The van der Waals surface area contributed by atoms with E-state index in [-0.39, 0.29) is 5.41 Å². The van der Waals surface area contributed by atoms with Gasteiger partial charge in [-0.15, -0.1) is 0 Å². The van der Waals surface area contributed by atoms with Gasteiger partial charge in [0, 0.05) is 12.6 Å². The average Bonchev–Trinajstić information content (AvgIpc) is 2.35. The van der Waals surface area contributed by atoms with E-state index in [9.17, 15) is 0 Å². The zero-order valence-electron chi connectivity index (χ0n) is 12.4. The average molecular weight is 252 g/mol. The maximum Gasteiger partial charge on any atom is 0.0683 e. The number of rotatable bonds is 6. The van der Waals surface area contributed by atoms with E-state index in [1.54, 1.807) is 0 Å². The third-order valence-corrected chi connectivity index (χ3v) is 3.85. The van der Waals surface area contributed by atoms with Gasteiger partial charge in [-0.05, 0) is 46.6 Å². The molecule has 0 aromatic heterocycles. The van der Waals surface area contributed by atoms with Crippen molar-refractivity contribution in [3.63, 3.8) is 0 Å². The highest BCUT2D eigenvalue weighted by Gasteiger charge is 2.25. The SMILES string of the molecule is CCC1COC(C)CN1CCCCC(C)(C)C#N. The molecule has 0 bridgehead atoms. The summed E-state index contributed by atoms with van der Waals surface area (Å²) in [6, 6.07) is 2.96. The summed E-state index contributed by atoms with van der Waals surface area (Å²) in [5.41, 5.74) is -0.164. The van der Waals surface area contributed by atoms with Crippen LogP contribution in [0, 0.1) is 16.7 Å². The molecule has 1 heterocycles. The molecule has 0 spiro atoms. The normalized spacial score (nSPS) is 25.9. The Morgan fingerprint density at radius 3 is 2.72 bits per heavy atom. The molecule has 0 amide bonds. The highest BCUT2D eigenvalue weighted by molar-refractivity contribution is 4.91. The van der Waals surface area contributed by atoms with Gasteiger partial charge in [0.05, 0.1) is 24.2 Å². The molecule has 18 heavy (non-hydrogen) atoms. The van der Waals surface area contributed by atoms with Crippen LogP contribution in [-0.2, 0) is 4.74 Å². The zero-order chi connectivity index (χ0) is 13.6. The monoisotopic (exact) mass is 252 g/mol. The van der Waals surface area contributed by atoms with Crippen molar-refractivity contribution >= 4 is 0 Å². The molecular weight excluding hydrogens is 224 g/mol. The van der Waals surface area contributed by atoms with Crippen LogP contribution < -0.4 is 0 Å².